The monoisotopic (exact) mass is 411 g/mol. The van der Waals surface area contributed by atoms with Crippen molar-refractivity contribution in [1.29, 1.82) is 0 Å². The Hall–Kier alpha value is -4.26. The summed E-state index contributed by atoms with van der Waals surface area (Å²) in [6.45, 7) is 0. The normalized spacial score (nSPS) is 11.0. The van der Waals surface area contributed by atoms with Crippen molar-refractivity contribution in [2.24, 2.45) is 0 Å². The largest absolute Gasteiger partial charge is 0.348 e. The van der Waals surface area contributed by atoms with Gasteiger partial charge in [0.05, 0.1) is 23.8 Å². The molecule has 0 aliphatic carbocycles. The average Bonchev–Trinajstić information content (AvgIpc) is 3.44. The summed E-state index contributed by atoms with van der Waals surface area (Å²) in [6, 6.07) is 20.2. The molecule has 3 aromatic carbocycles. The number of carbonyl (C=O) groups is 1. The number of nitrogens with one attached hydrogen (secondary N) is 3. The van der Waals surface area contributed by atoms with Crippen LogP contribution in [0.2, 0.25) is 0 Å². The summed E-state index contributed by atoms with van der Waals surface area (Å²) in [5.41, 5.74) is 5.90. The van der Waals surface area contributed by atoms with Crippen LogP contribution in [0.1, 0.15) is 5.69 Å². The number of anilines is 1. The standard InChI is InChI=1S/C24H18FN5O/c25-18-7-10-21-22(11-18)30-24(29-21)17-3-1-15(2-4-17)16-5-8-19(9-6-16)28-23(31)12-20-13-26-14-27-20/h1-11,13-14H,12H2,(H,26,27)(H,28,31)(H,29,30). The Balaban J connectivity index is 1.29. The highest BCUT2D eigenvalue weighted by Crippen LogP contribution is 2.26. The van der Waals surface area contributed by atoms with Gasteiger partial charge in [-0.15, -0.1) is 0 Å². The highest BCUT2D eigenvalue weighted by Gasteiger charge is 2.08. The summed E-state index contributed by atoms with van der Waals surface area (Å²) in [5.74, 6) is 0.300. The summed E-state index contributed by atoms with van der Waals surface area (Å²) in [6.07, 6.45) is 3.43. The lowest BCUT2D eigenvalue weighted by molar-refractivity contribution is -0.115. The molecule has 2 heterocycles. The van der Waals surface area contributed by atoms with Crippen molar-refractivity contribution in [3.63, 3.8) is 0 Å². The van der Waals surface area contributed by atoms with E-state index in [-0.39, 0.29) is 18.1 Å². The molecule has 0 aliphatic rings. The molecule has 0 spiro atoms. The molecule has 5 aromatic rings. The molecule has 7 heteroatoms. The van der Waals surface area contributed by atoms with Crippen molar-refractivity contribution < 1.29 is 9.18 Å². The molecule has 1 amide bonds. The number of nitrogens with zero attached hydrogens (tertiary/aromatic N) is 2. The number of benzene rings is 3. The quantitative estimate of drug-likeness (QED) is 0.383. The Morgan fingerprint density at radius 2 is 1.65 bits per heavy atom. The number of amides is 1. The molecule has 152 valence electrons. The smallest absolute Gasteiger partial charge is 0.230 e. The van der Waals surface area contributed by atoms with Crippen molar-refractivity contribution in [2.75, 3.05) is 5.32 Å². The Bertz CT molecular complexity index is 1340. The minimum absolute atomic E-state index is 0.105. The van der Waals surface area contributed by atoms with Gasteiger partial charge in [0.1, 0.15) is 11.6 Å². The minimum atomic E-state index is -0.293. The van der Waals surface area contributed by atoms with E-state index in [9.17, 15) is 9.18 Å². The molecule has 0 bridgehead atoms. The SMILES string of the molecule is O=C(Cc1cnc[nH]1)Nc1ccc(-c2ccc(-c3nc4ccc(F)cc4[nH]3)cc2)cc1. The van der Waals surface area contributed by atoms with Crippen molar-refractivity contribution >= 4 is 22.6 Å². The van der Waals surface area contributed by atoms with E-state index >= 15 is 0 Å². The maximum absolute atomic E-state index is 13.4. The van der Waals surface area contributed by atoms with Gasteiger partial charge in [-0.05, 0) is 41.5 Å². The zero-order valence-electron chi connectivity index (χ0n) is 16.4. The van der Waals surface area contributed by atoms with Crippen molar-refractivity contribution in [3.05, 3.63) is 90.8 Å². The second-order valence-corrected chi connectivity index (χ2v) is 7.20. The highest BCUT2D eigenvalue weighted by molar-refractivity contribution is 5.92. The molecule has 31 heavy (non-hydrogen) atoms. The topological polar surface area (TPSA) is 86.5 Å². The number of hydrogen-bond donors (Lipinski definition) is 3. The van der Waals surface area contributed by atoms with Gasteiger partial charge in [0, 0.05) is 23.1 Å². The fourth-order valence-electron chi connectivity index (χ4n) is 3.44. The summed E-state index contributed by atoms with van der Waals surface area (Å²) in [4.78, 5) is 26.6. The Morgan fingerprint density at radius 3 is 2.35 bits per heavy atom. The van der Waals surface area contributed by atoms with Gasteiger partial charge in [-0.1, -0.05) is 36.4 Å². The van der Waals surface area contributed by atoms with Crippen LogP contribution in [-0.2, 0) is 11.2 Å². The van der Waals surface area contributed by atoms with E-state index in [1.54, 1.807) is 18.6 Å². The van der Waals surface area contributed by atoms with E-state index in [0.29, 0.717) is 11.3 Å². The predicted molar refractivity (Wildman–Crippen MR) is 118 cm³/mol. The second kappa shape index (κ2) is 7.87. The summed E-state index contributed by atoms with van der Waals surface area (Å²) >= 11 is 0. The first-order valence-electron chi connectivity index (χ1n) is 9.77. The molecule has 0 radical (unpaired) electrons. The van der Waals surface area contributed by atoms with Crippen molar-refractivity contribution in [3.8, 4) is 22.5 Å². The van der Waals surface area contributed by atoms with Gasteiger partial charge in [-0.3, -0.25) is 4.79 Å². The van der Waals surface area contributed by atoms with Gasteiger partial charge < -0.3 is 15.3 Å². The number of carbonyl (C=O) groups excluding carboxylic acids is 1. The lowest BCUT2D eigenvalue weighted by atomic mass is 10.0. The third kappa shape index (κ3) is 4.06. The molecular weight excluding hydrogens is 393 g/mol. The zero-order valence-corrected chi connectivity index (χ0v) is 16.4. The molecule has 0 fully saturated rings. The molecule has 6 nitrogen and oxygen atoms in total. The van der Waals surface area contributed by atoms with Gasteiger partial charge >= 0.3 is 0 Å². The molecule has 0 saturated carbocycles. The summed E-state index contributed by atoms with van der Waals surface area (Å²) in [5, 5.41) is 2.88. The van der Waals surface area contributed by atoms with Crippen LogP contribution < -0.4 is 5.32 Å². The molecule has 3 N–H and O–H groups in total. The van der Waals surface area contributed by atoms with Gasteiger partial charge in [-0.2, -0.15) is 0 Å². The van der Waals surface area contributed by atoms with Crippen LogP contribution in [0.25, 0.3) is 33.5 Å². The minimum Gasteiger partial charge on any atom is -0.348 e. The van der Waals surface area contributed by atoms with E-state index in [2.05, 4.69) is 25.3 Å². The fraction of sp³-hybridized carbons (Fsp3) is 0.0417. The lowest BCUT2D eigenvalue weighted by Gasteiger charge is -2.07. The number of imidazole rings is 2. The van der Waals surface area contributed by atoms with E-state index in [1.807, 2.05) is 48.5 Å². The Morgan fingerprint density at radius 1 is 0.935 bits per heavy atom. The first-order valence-corrected chi connectivity index (χ1v) is 9.77. The van der Waals surface area contributed by atoms with Crippen LogP contribution in [0, 0.1) is 5.82 Å². The Labute approximate surface area is 177 Å². The van der Waals surface area contributed by atoms with E-state index in [0.717, 1.165) is 33.6 Å². The van der Waals surface area contributed by atoms with Crippen LogP contribution in [0.3, 0.4) is 0 Å². The van der Waals surface area contributed by atoms with E-state index in [1.165, 1.54) is 12.1 Å². The van der Waals surface area contributed by atoms with Crippen LogP contribution in [0.4, 0.5) is 10.1 Å². The third-order valence-corrected chi connectivity index (χ3v) is 5.01. The van der Waals surface area contributed by atoms with Gasteiger partial charge in [0.15, 0.2) is 0 Å². The predicted octanol–water partition coefficient (Wildman–Crippen LogP) is 4.94. The molecular formula is C24H18FN5O. The van der Waals surface area contributed by atoms with Crippen LogP contribution >= 0.6 is 0 Å². The molecule has 2 aromatic heterocycles. The zero-order chi connectivity index (χ0) is 21.2. The summed E-state index contributed by atoms with van der Waals surface area (Å²) < 4.78 is 13.4. The van der Waals surface area contributed by atoms with E-state index in [4.69, 9.17) is 0 Å². The van der Waals surface area contributed by atoms with Crippen LogP contribution in [0.15, 0.2) is 79.3 Å². The lowest BCUT2D eigenvalue weighted by Crippen LogP contribution is -2.14. The third-order valence-electron chi connectivity index (χ3n) is 5.01. The number of aromatic nitrogens is 4. The number of H-pyrrole nitrogens is 2. The number of aromatic amines is 2. The van der Waals surface area contributed by atoms with Crippen LogP contribution in [0.5, 0.6) is 0 Å². The fourth-order valence-corrected chi connectivity index (χ4v) is 3.44. The molecule has 0 aliphatic heterocycles. The number of hydrogen-bond acceptors (Lipinski definition) is 3. The summed E-state index contributed by atoms with van der Waals surface area (Å²) in [7, 11) is 0. The first kappa shape index (κ1) is 18.7. The Kier molecular flexibility index (Phi) is 4.76. The number of rotatable bonds is 5. The van der Waals surface area contributed by atoms with Gasteiger partial charge in [0.2, 0.25) is 5.91 Å². The number of fused-ring (bicyclic) bond motifs is 1. The molecule has 0 unspecified atom stereocenters. The van der Waals surface area contributed by atoms with Gasteiger partial charge in [0.25, 0.3) is 0 Å². The maximum atomic E-state index is 13.4. The molecule has 5 rings (SSSR count). The van der Waals surface area contributed by atoms with Crippen molar-refractivity contribution in [1.82, 2.24) is 19.9 Å². The molecule has 0 saturated heterocycles. The first-order chi connectivity index (χ1) is 15.1. The molecule has 0 atom stereocenters. The van der Waals surface area contributed by atoms with Crippen LogP contribution in [-0.4, -0.2) is 25.8 Å². The number of halogens is 1. The van der Waals surface area contributed by atoms with Gasteiger partial charge in [-0.25, -0.2) is 14.4 Å². The average molecular weight is 411 g/mol. The second-order valence-electron chi connectivity index (χ2n) is 7.20. The van der Waals surface area contributed by atoms with E-state index < -0.39 is 0 Å². The highest BCUT2D eigenvalue weighted by atomic mass is 19.1. The van der Waals surface area contributed by atoms with Crippen molar-refractivity contribution in [2.45, 2.75) is 6.42 Å². The maximum Gasteiger partial charge on any atom is 0.230 e.